The van der Waals surface area contributed by atoms with Gasteiger partial charge in [0.25, 0.3) is 0 Å². The van der Waals surface area contributed by atoms with E-state index in [1.807, 2.05) is 0 Å². The second kappa shape index (κ2) is 11.9. The standard InChI is InChI=1S/C21H33ClN4O2/c1-3-23-20(25-16-21(11-5-12-21)13-15-28-2)24-14-4-6-19(27)26-18-9-7-17(22)8-10-18/h7-10H,3-6,11-16H2,1-2H3,(H,26,27)(H2,23,24,25). The van der Waals surface area contributed by atoms with Crippen molar-refractivity contribution in [1.82, 2.24) is 10.6 Å². The Morgan fingerprint density at radius 2 is 2.00 bits per heavy atom. The Balaban J connectivity index is 1.71. The Kier molecular flexibility index (Phi) is 9.58. The van der Waals surface area contributed by atoms with Crippen molar-refractivity contribution in [3.05, 3.63) is 29.3 Å². The molecule has 1 aliphatic rings. The molecule has 2 rings (SSSR count). The molecule has 0 radical (unpaired) electrons. The predicted molar refractivity (Wildman–Crippen MR) is 116 cm³/mol. The number of amides is 1. The van der Waals surface area contributed by atoms with Gasteiger partial charge in [0.15, 0.2) is 5.96 Å². The largest absolute Gasteiger partial charge is 0.385 e. The van der Waals surface area contributed by atoms with Crippen molar-refractivity contribution in [1.29, 1.82) is 0 Å². The van der Waals surface area contributed by atoms with E-state index in [4.69, 9.17) is 21.3 Å². The van der Waals surface area contributed by atoms with Crippen LogP contribution in [0.2, 0.25) is 5.02 Å². The molecular weight excluding hydrogens is 376 g/mol. The molecule has 0 bridgehead atoms. The number of aliphatic imine (C=N–C) groups is 1. The van der Waals surface area contributed by atoms with Crippen LogP contribution in [0.15, 0.2) is 29.3 Å². The molecule has 28 heavy (non-hydrogen) atoms. The first-order valence-electron chi connectivity index (χ1n) is 10.1. The predicted octanol–water partition coefficient (Wildman–Crippen LogP) is 3.82. The van der Waals surface area contributed by atoms with E-state index in [1.54, 1.807) is 31.4 Å². The zero-order chi connectivity index (χ0) is 20.2. The molecule has 1 saturated carbocycles. The smallest absolute Gasteiger partial charge is 0.224 e. The number of guanidine groups is 1. The van der Waals surface area contributed by atoms with Crippen LogP contribution in [0, 0.1) is 5.41 Å². The first-order chi connectivity index (χ1) is 13.6. The molecule has 0 spiro atoms. The maximum Gasteiger partial charge on any atom is 0.224 e. The SMILES string of the molecule is CCNC(=NCC1(CCOC)CCC1)NCCCC(=O)Nc1ccc(Cl)cc1. The van der Waals surface area contributed by atoms with E-state index in [1.165, 1.54) is 19.3 Å². The molecule has 0 atom stereocenters. The summed E-state index contributed by atoms with van der Waals surface area (Å²) in [6.07, 6.45) is 5.99. The van der Waals surface area contributed by atoms with Gasteiger partial charge in [-0.15, -0.1) is 0 Å². The third-order valence-corrected chi connectivity index (χ3v) is 5.42. The van der Waals surface area contributed by atoms with Crippen molar-refractivity contribution < 1.29 is 9.53 Å². The number of carbonyl (C=O) groups excluding carboxylic acids is 1. The summed E-state index contributed by atoms with van der Waals surface area (Å²) in [4.78, 5) is 16.8. The third-order valence-electron chi connectivity index (χ3n) is 5.17. The first kappa shape index (κ1) is 22.5. The number of nitrogens with one attached hydrogen (secondary N) is 3. The Hall–Kier alpha value is -1.79. The molecule has 7 heteroatoms. The van der Waals surface area contributed by atoms with E-state index in [0.29, 0.717) is 23.4 Å². The maximum absolute atomic E-state index is 12.0. The van der Waals surface area contributed by atoms with Crippen LogP contribution in [0.1, 0.15) is 45.4 Å². The number of carbonyl (C=O) groups is 1. The van der Waals surface area contributed by atoms with Gasteiger partial charge in [-0.3, -0.25) is 9.79 Å². The number of methoxy groups -OCH3 is 1. The first-order valence-corrected chi connectivity index (χ1v) is 10.5. The van der Waals surface area contributed by atoms with Crippen molar-refractivity contribution in [3.8, 4) is 0 Å². The molecule has 0 aromatic heterocycles. The molecule has 3 N–H and O–H groups in total. The van der Waals surface area contributed by atoms with Crippen LogP contribution in [0.25, 0.3) is 0 Å². The van der Waals surface area contributed by atoms with Crippen molar-refractivity contribution in [2.45, 2.75) is 45.4 Å². The van der Waals surface area contributed by atoms with Gasteiger partial charge in [0.1, 0.15) is 0 Å². The van der Waals surface area contributed by atoms with E-state index in [-0.39, 0.29) is 5.91 Å². The molecule has 1 amide bonds. The lowest BCUT2D eigenvalue weighted by molar-refractivity contribution is -0.116. The molecule has 1 aromatic carbocycles. The van der Waals surface area contributed by atoms with E-state index in [9.17, 15) is 4.79 Å². The minimum absolute atomic E-state index is 0.000881. The van der Waals surface area contributed by atoms with Gasteiger partial charge in [-0.05, 0) is 62.3 Å². The average Bonchev–Trinajstić information content (AvgIpc) is 2.65. The van der Waals surface area contributed by atoms with Gasteiger partial charge in [-0.25, -0.2) is 0 Å². The molecule has 1 aliphatic carbocycles. The summed E-state index contributed by atoms with van der Waals surface area (Å²) >= 11 is 5.85. The molecule has 0 unspecified atom stereocenters. The van der Waals surface area contributed by atoms with E-state index < -0.39 is 0 Å². The zero-order valence-corrected chi connectivity index (χ0v) is 17.8. The highest BCUT2D eigenvalue weighted by Crippen LogP contribution is 2.44. The Bertz CT molecular complexity index is 630. The van der Waals surface area contributed by atoms with Crippen LogP contribution in [0.3, 0.4) is 0 Å². The monoisotopic (exact) mass is 408 g/mol. The van der Waals surface area contributed by atoms with Gasteiger partial charge in [0.2, 0.25) is 5.91 Å². The second-order valence-electron chi connectivity index (χ2n) is 7.38. The lowest BCUT2D eigenvalue weighted by atomic mass is 9.67. The topological polar surface area (TPSA) is 74.8 Å². The van der Waals surface area contributed by atoms with E-state index >= 15 is 0 Å². The number of hydrogen-bond donors (Lipinski definition) is 3. The fraction of sp³-hybridized carbons (Fsp3) is 0.619. The fourth-order valence-electron chi connectivity index (χ4n) is 3.28. The van der Waals surface area contributed by atoms with Crippen LogP contribution in [-0.4, -0.2) is 45.2 Å². The van der Waals surface area contributed by atoms with Gasteiger partial charge >= 0.3 is 0 Å². The summed E-state index contributed by atoms with van der Waals surface area (Å²) in [6, 6.07) is 7.13. The summed E-state index contributed by atoms with van der Waals surface area (Å²) in [5.41, 5.74) is 1.07. The average molecular weight is 409 g/mol. The van der Waals surface area contributed by atoms with Gasteiger partial charge in [-0.1, -0.05) is 18.0 Å². The highest BCUT2D eigenvalue weighted by molar-refractivity contribution is 6.30. The fourth-order valence-corrected chi connectivity index (χ4v) is 3.41. The zero-order valence-electron chi connectivity index (χ0n) is 17.0. The normalized spacial score (nSPS) is 15.6. The van der Waals surface area contributed by atoms with Crippen molar-refractivity contribution >= 4 is 29.2 Å². The molecule has 0 saturated heterocycles. The lowest BCUT2D eigenvalue weighted by Gasteiger charge is -2.40. The van der Waals surface area contributed by atoms with Crippen LogP contribution in [0.4, 0.5) is 5.69 Å². The minimum Gasteiger partial charge on any atom is -0.385 e. The van der Waals surface area contributed by atoms with E-state index in [2.05, 4.69) is 22.9 Å². The summed E-state index contributed by atoms with van der Waals surface area (Å²) in [6.45, 7) is 5.19. The van der Waals surface area contributed by atoms with Crippen molar-refractivity contribution in [2.24, 2.45) is 10.4 Å². The number of hydrogen-bond acceptors (Lipinski definition) is 3. The molecular formula is C21H33ClN4O2. The quantitative estimate of drug-likeness (QED) is 0.295. The minimum atomic E-state index is -0.000881. The van der Waals surface area contributed by atoms with Crippen LogP contribution in [-0.2, 0) is 9.53 Å². The third kappa shape index (κ3) is 7.68. The lowest BCUT2D eigenvalue weighted by Crippen LogP contribution is -2.40. The van der Waals surface area contributed by atoms with Gasteiger partial charge in [0, 0.05) is 50.5 Å². The molecule has 156 valence electrons. The van der Waals surface area contributed by atoms with Crippen molar-refractivity contribution in [2.75, 3.05) is 38.7 Å². The second-order valence-corrected chi connectivity index (χ2v) is 7.81. The van der Waals surface area contributed by atoms with Crippen LogP contribution >= 0.6 is 11.6 Å². The highest BCUT2D eigenvalue weighted by Gasteiger charge is 2.36. The summed E-state index contributed by atoms with van der Waals surface area (Å²) < 4.78 is 5.25. The summed E-state index contributed by atoms with van der Waals surface area (Å²) in [5, 5.41) is 10.2. The number of benzene rings is 1. The summed E-state index contributed by atoms with van der Waals surface area (Å²) in [5.74, 6) is 0.823. The molecule has 1 fully saturated rings. The van der Waals surface area contributed by atoms with Crippen LogP contribution in [0.5, 0.6) is 0 Å². The number of nitrogens with zero attached hydrogens (tertiary/aromatic N) is 1. The van der Waals surface area contributed by atoms with Crippen molar-refractivity contribution in [3.63, 3.8) is 0 Å². The van der Waals surface area contributed by atoms with Gasteiger partial charge < -0.3 is 20.7 Å². The van der Waals surface area contributed by atoms with E-state index in [0.717, 1.165) is 44.2 Å². The van der Waals surface area contributed by atoms with Gasteiger partial charge in [0.05, 0.1) is 0 Å². The highest BCUT2D eigenvalue weighted by atomic mass is 35.5. The van der Waals surface area contributed by atoms with Crippen LogP contribution < -0.4 is 16.0 Å². The number of rotatable bonds is 11. The molecule has 6 nitrogen and oxygen atoms in total. The molecule has 0 heterocycles. The Morgan fingerprint density at radius 1 is 1.25 bits per heavy atom. The van der Waals surface area contributed by atoms with Gasteiger partial charge in [-0.2, -0.15) is 0 Å². The number of ether oxygens (including phenoxy) is 1. The maximum atomic E-state index is 12.0. The number of halogens is 1. The molecule has 1 aromatic rings. The molecule has 0 aliphatic heterocycles. The number of anilines is 1. The Labute approximate surface area is 173 Å². The summed E-state index contributed by atoms with van der Waals surface area (Å²) in [7, 11) is 1.75. The Morgan fingerprint density at radius 3 is 2.61 bits per heavy atom.